The van der Waals surface area contributed by atoms with Crippen molar-refractivity contribution in [1.82, 2.24) is 4.98 Å². The van der Waals surface area contributed by atoms with Crippen molar-refractivity contribution < 1.29 is 4.79 Å². The quantitative estimate of drug-likeness (QED) is 0.602. The summed E-state index contributed by atoms with van der Waals surface area (Å²) in [5, 5.41) is 0.514. The van der Waals surface area contributed by atoms with Gasteiger partial charge in [-0.05, 0) is 0 Å². The van der Waals surface area contributed by atoms with Crippen molar-refractivity contribution in [2.45, 2.75) is 5.33 Å². The smallest absolute Gasteiger partial charge is 0.305 e. The normalized spacial score (nSPS) is 9.70. The van der Waals surface area contributed by atoms with Crippen LogP contribution in [0.1, 0.15) is 15.4 Å². The summed E-state index contributed by atoms with van der Waals surface area (Å²) in [6.07, 6.45) is 0.680. The van der Waals surface area contributed by atoms with E-state index < -0.39 is 0 Å². The molecule has 0 aromatic carbocycles. The van der Waals surface area contributed by atoms with Crippen LogP contribution in [0, 0.1) is 0 Å². The molecule has 0 unspecified atom stereocenters. The zero-order chi connectivity index (χ0) is 7.56. The van der Waals surface area contributed by atoms with Gasteiger partial charge in [0.2, 0.25) is 0 Å². The molecular formula is C5H4BrNO2S. The molecule has 1 rings (SSSR count). The second kappa shape index (κ2) is 3.12. The summed E-state index contributed by atoms with van der Waals surface area (Å²) in [4.78, 5) is 23.7. The molecule has 10 heavy (non-hydrogen) atoms. The minimum Gasteiger partial charge on any atom is -0.315 e. The Kier molecular flexibility index (Phi) is 2.39. The molecule has 0 fully saturated rings. The zero-order valence-corrected chi connectivity index (χ0v) is 7.29. The maximum atomic E-state index is 10.6. The van der Waals surface area contributed by atoms with Crippen molar-refractivity contribution in [2.75, 3.05) is 0 Å². The minimum absolute atomic E-state index is 0.184. The predicted octanol–water partition coefficient (Wildman–Crippen LogP) is 1.14. The lowest BCUT2D eigenvalue weighted by Gasteiger charge is -1.84. The molecule has 0 atom stereocenters. The first kappa shape index (κ1) is 7.68. The number of halogens is 1. The molecule has 0 aliphatic heterocycles. The van der Waals surface area contributed by atoms with Crippen LogP contribution in [0.15, 0.2) is 4.79 Å². The van der Waals surface area contributed by atoms with Gasteiger partial charge in [-0.1, -0.05) is 27.3 Å². The van der Waals surface area contributed by atoms with E-state index in [2.05, 4.69) is 20.9 Å². The SMILES string of the molecule is O=Cc1sc(=O)[nH]c1CBr. The highest BCUT2D eigenvalue weighted by molar-refractivity contribution is 9.08. The fourth-order valence-corrected chi connectivity index (χ4v) is 1.86. The van der Waals surface area contributed by atoms with Gasteiger partial charge in [-0.3, -0.25) is 9.59 Å². The van der Waals surface area contributed by atoms with E-state index in [4.69, 9.17) is 0 Å². The Morgan fingerprint density at radius 2 is 2.40 bits per heavy atom. The maximum Gasteiger partial charge on any atom is 0.305 e. The lowest BCUT2D eigenvalue weighted by molar-refractivity contribution is 0.112. The van der Waals surface area contributed by atoms with Gasteiger partial charge in [0.1, 0.15) is 0 Å². The highest BCUT2D eigenvalue weighted by atomic mass is 79.9. The number of hydrogen-bond acceptors (Lipinski definition) is 3. The van der Waals surface area contributed by atoms with Crippen molar-refractivity contribution in [1.29, 1.82) is 0 Å². The van der Waals surface area contributed by atoms with Crippen LogP contribution >= 0.6 is 27.3 Å². The first-order valence-electron chi connectivity index (χ1n) is 2.51. The summed E-state index contributed by atoms with van der Waals surface area (Å²) < 4.78 is 0. The van der Waals surface area contributed by atoms with Gasteiger partial charge < -0.3 is 4.98 Å². The number of aromatic nitrogens is 1. The van der Waals surface area contributed by atoms with Crippen LogP contribution in [0.4, 0.5) is 0 Å². The number of carbonyl (C=O) groups excluding carboxylic acids is 1. The van der Waals surface area contributed by atoms with Crippen LogP contribution < -0.4 is 4.87 Å². The minimum atomic E-state index is -0.184. The molecule has 1 N–H and O–H groups in total. The molecule has 0 bridgehead atoms. The number of aromatic amines is 1. The third-order valence-electron chi connectivity index (χ3n) is 0.994. The third kappa shape index (κ3) is 1.35. The van der Waals surface area contributed by atoms with Crippen molar-refractivity contribution in [2.24, 2.45) is 0 Å². The zero-order valence-electron chi connectivity index (χ0n) is 4.89. The molecule has 1 aromatic heterocycles. The number of thiazole rings is 1. The van der Waals surface area contributed by atoms with Gasteiger partial charge in [0, 0.05) is 5.33 Å². The topological polar surface area (TPSA) is 49.9 Å². The number of hydrogen-bond donors (Lipinski definition) is 1. The summed E-state index contributed by atoms with van der Waals surface area (Å²) in [6.45, 7) is 0. The molecule has 0 saturated heterocycles. The van der Waals surface area contributed by atoms with E-state index in [1.807, 2.05) is 0 Å². The summed E-state index contributed by atoms with van der Waals surface area (Å²) in [7, 11) is 0. The fourth-order valence-electron chi connectivity index (χ4n) is 0.566. The summed E-state index contributed by atoms with van der Waals surface area (Å²) in [6, 6.07) is 0. The van der Waals surface area contributed by atoms with E-state index in [0.29, 0.717) is 22.2 Å². The first-order valence-corrected chi connectivity index (χ1v) is 4.45. The molecule has 0 saturated carbocycles. The molecule has 0 radical (unpaired) electrons. The molecule has 1 aromatic rings. The van der Waals surface area contributed by atoms with Gasteiger partial charge in [-0.25, -0.2) is 0 Å². The van der Waals surface area contributed by atoms with E-state index in [0.717, 1.165) is 11.3 Å². The van der Waals surface area contributed by atoms with Crippen LogP contribution in [0.25, 0.3) is 0 Å². The van der Waals surface area contributed by atoms with Crippen LogP contribution in [-0.2, 0) is 5.33 Å². The summed E-state index contributed by atoms with van der Waals surface area (Å²) in [5.41, 5.74) is 0.657. The van der Waals surface area contributed by atoms with Gasteiger partial charge >= 0.3 is 4.87 Å². The highest BCUT2D eigenvalue weighted by Crippen LogP contribution is 2.08. The van der Waals surface area contributed by atoms with Gasteiger partial charge in [0.15, 0.2) is 6.29 Å². The summed E-state index contributed by atoms with van der Waals surface area (Å²) >= 11 is 4.07. The van der Waals surface area contributed by atoms with Crippen molar-refractivity contribution in [3.05, 3.63) is 20.2 Å². The Bertz CT molecular complexity index is 290. The van der Waals surface area contributed by atoms with E-state index in [-0.39, 0.29) is 4.87 Å². The van der Waals surface area contributed by atoms with Gasteiger partial charge in [0.05, 0.1) is 10.6 Å². The summed E-state index contributed by atoms with van der Waals surface area (Å²) in [5.74, 6) is 0. The number of aldehydes is 1. The van der Waals surface area contributed by atoms with E-state index in [1.54, 1.807) is 0 Å². The third-order valence-corrected chi connectivity index (χ3v) is 2.40. The average molecular weight is 222 g/mol. The largest absolute Gasteiger partial charge is 0.315 e. The molecule has 0 aliphatic rings. The second-order valence-electron chi connectivity index (χ2n) is 1.61. The van der Waals surface area contributed by atoms with Crippen LogP contribution in [0.2, 0.25) is 0 Å². The fraction of sp³-hybridized carbons (Fsp3) is 0.200. The molecular weight excluding hydrogens is 218 g/mol. The van der Waals surface area contributed by atoms with Crippen LogP contribution in [0.5, 0.6) is 0 Å². The Morgan fingerprint density at radius 1 is 1.70 bits per heavy atom. The Hall–Kier alpha value is -0.420. The van der Waals surface area contributed by atoms with E-state index in [9.17, 15) is 9.59 Å². The van der Waals surface area contributed by atoms with Gasteiger partial charge in [0.25, 0.3) is 0 Å². The standard InChI is InChI=1S/C5H4BrNO2S/c6-1-3-4(2-8)10-5(9)7-3/h2H,1H2,(H,7,9). The molecule has 5 heteroatoms. The molecule has 54 valence electrons. The first-order chi connectivity index (χ1) is 4.77. The number of carbonyl (C=O) groups is 1. The Balaban J connectivity index is 3.20. The van der Waals surface area contributed by atoms with Crippen molar-refractivity contribution >= 4 is 33.6 Å². The average Bonchev–Trinajstić information content (AvgIpc) is 2.30. The van der Waals surface area contributed by atoms with Crippen molar-refractivity contribution in [3.8, 4) is 0 Å². The number of alkyl halides is 1. The molecule has 0 spiro atoms. The Labute approximate surface area is 69.2 Å². The van der Waals surface area contributed by atoms with Crippen LogP contribution in [0.3, 0.4) is 0 Å². The van der Waals surface area contributed by atoms with Crippen molar-refractivity contribution in [3.63, 3.8) is 0 Å². The number of H-pyrrole nitrogens is 1. The molecule has 3 nitrogen and oxygen atoms in total. The predicted molar refractivity (Wildman–Crippen MR) is 43.0 cm³/mol. The number of nitrogens with one attached hydrogen (secondary N) is 1. The number of rotatable bonds is 2. The maximum absolute atomic E-state index is 10.6. The Morgan fingerprint density at radius 3 is 2.80 bits per heavy atom. The van der Waals surface area contributed by atoms with E-state index >= 15 is 0 Å². The van der Waals surface area contributed by atoms with Gasteiger partial charge in [-0.15, -0.1) is 0 Å². The lowest BCUT2D eigenvalue weighted by Crippen LogP contribution is -1.93. The molecule has 0 aliphatic carbocycles. The molecule has 1 heterocycles. The van der Waals surface area contributed by atoms with Gasteiger partial charge in [-0.2, -0.15) is 0 Å². The highest BCUT2D eigenvalue weighted by Gasteiger charge is 2.03. The second-order valence-corrected chi connectivity index (χ2v) is 3.18. The monoisotopic (exact) mass is 221 g/mol. The molecule has 0 amide bonds. The van der Waals surface area contributed by atoms with E-state index in [1.165, 1.54) is 0 Å². The lowest BCUT2D eigenvalue weighted by atomic mass is 10.4. The van der Waals surface area contributed by atoms with Crippen LogP contribution in [-0.4, -0.2) is 11.3 Å².